The molecule has 0 aromatic rings. The van der Waals surface area contributed by atoms with Crippen LogP contribution in [0.25, 0.3) is 0 Å². The summed E-state index contributed by atoms with van der Waals surface area (Å²) in [6.07, 6.45) is -21.1. The molecule has 5 atom stereocenters. The van der Waals surface area contributed by atoms with E-state index in [1.165, 1.54) is 27.7 Å². The Hall–Kier alpha value is -1.90. The van der Waals surface area contributed by atoms with Crippen LogP contribution in [-0.2, 0) is 47.5 Å². The van der Waals surface area contributed by atoms with Gasteiger partial charge in [-0.15, -0.1) is 5.73 Å². The molecule has 0 radical (unpaired) electrons. The number of nitrogens with one attached hydrogen (secondary N) is 1. The molecule has 3 unspecified atom stereocenters. The van der Waals surface area contributed by atoms with Crippen LogP contribution in [0.15, 0.2) is 18.4 Å². The van der Waals surface area contributed by atoms with Gasteiger partial charge in [0.2, 0.25) is 5.91 Å². The number of fused-ring (bicyclic) bond motifs is 1. The van der Waals surface area contributed by atoms with E-state index in [1.807, 2.05) is 0 Å². The van der Waals surface area contributed by atoms with Crippen molar-refractivity contribution in [3.8, 4) is 0 Å². The van der Waals surface area contributed by atoms with Gasteiger partial charge in [-0.2, -0.15) is 43.5 Å². The minimum absolute atomic E-state index is 0.247. The number of halogens is 8. The molecule has 11 nitrogen and oxygen atoms in total. The lowest BCUT2D eigenvalue weighted by Crippen LogP contribution is -2.57. The molecule has 3 rings (SSSR count). The minimum atomic E-state index is -6.98. The number of unbranched alkanes of at least 4 members (excludes halogenated alkanes) is 3. The highest BCUT2D eigenvalue weighted by Gasteiger charge is 2.75. The Labute approximate surface area is 272 Å². The second-order valence-corrected chi connectivity index (χ2v) is 13.9. The summed E-state index contributed by atoms with van der Waals surface area (Å²) in [4.78, 5) is 11.8. The molecule has 3 fully saturated rings. The van der Waals surface area contributed by atoms with Gasteiger partial charge in [-0.1, -0.05) is 6.58 Å². The van der Waals surface area contributed by atoms with Crippen molar-refractivity contribution in [1.29, 1.82) is 0 Å². The van der Waals surface area contributed by atoms with Gasteiger partial charge in [0.25, 0.3) is 0 Å². The lowest BCUT2D eigenvalue weighted by atomic mass is 10.1. The van der Waals surface area contributed by atoms with Crippen LogP contribution in [0, 0.1) is 0 Å². The normalized spacial score (nSPS) is 27.5. The molecule has 0 aromatic carbocycles. The first-order valence-electron chi connectivity index (χ1n) is 15.0. The molecule has 1 amide bonds. The highest BCUT2D eigenvalue weighted by atomic mass is 32.2. The van der Waals surface area contributed by atoms with E-state index in [9.17, 15) is 48.3 Å². The first kappa shape index (κ1) is 40.5. The average molecular weight is 734 g/mol. The summed E-state index contributed by atoms with van der Waals surface area (Å²) in [5, 5.41) is -4.17. The van der Waals surface area contributed by atoms with E-state index in [-0.39, 0.29) is 19.6 Å². The Morgan fingerprint density at radius 3 is 2.21 bits per heavy atom. The molecule has 3 aliphatic rings. The van der Waals surface area contributed by atoms with Gasteiger partial charge in [0, 0.05) is 19.4 Å². The monoisotopic (exact) mass is 733 g/mol. The molecule has 20 heteroatoms. The molecule has 278 valence electrons. The van der Waals surface area contributed by atoms with Crippen LogP contribution in [0.3, 0.4) is 0 Å². The molecule has 0 saturated carbocycles. The SMILES string of the molecule is C=C=CCCCCNC(=O)CCCCC(F)(F)C(F)(F)OC(F)(F)C(F)(F)S(=O)(=O)OC1C2OC(C)(C)O[C@H]2O[C@@H]1C1COC(C)(C)O1. The Morgan fingerprint density at radius 1 is 0.938 bits per heavy atom. The maximum Gasteiger partial charge on any atom is 0.460 e. The highest BCUT2D eigenvalue weighted by molar-refractivity contribution is 7.87. The van der Waals surface area contributed by atoms with E-state index >= 15 is 0 Å². The van der Waals surface area contributed by atoms with Gasteiger partial charge in [-0.25, -0.2) is 4.74 Å². The van der Waals surface area contributed by atoms with Gasteiger partial charge in [-0.05, 0) is 65.9 Å². The van der Waals surface area contributed by atoms with Crippen molar-refractivity contribution in [2.45, 2.75) is 138 Å². The number of rotatable bonds is 18. The van der Waals surface area contributed by atoms with E-state index in [0.29, 0.717) is 19.3 Å². The molecular weight excluding hydrogens is 694 g/mol. The fraction of sp³-hybridized carbons (Fsp3) is 0.857. The maximum atomic E-state index is 14.9. The standard InChI is InChI=1S/C28H39F8NO10S/c1-6-7-8-9-12-15-37-18(38)13-10-11-14-25(29,30)26(31,32)47-27(33,34)28(35,36)48(39,40)46-20-19(17-16-41-23(2,3)43-17)42-22-21(20)44-24(4,5)45-22/h7,17,19-22H,1,8-16H2,2-5H3,(H,37,38)/t17?,19-,20?,21?,22-/m1/s1. The Balaban J connectivity index is 1.64. The molecule has 3 heterocycles. The minimum Gasteiger partial charge on any atom is -0.356 e. The Bertz CT molecular complexity index is 1290. The van der Waals surface area contributed by atoms with E-state index in [4.69, 9.17) is 23.7 Å². The van der Waals surface area contributed by atoms with Crippen molar-refractivity contribution in [2.75, 3.05) is 13.2 Å². The number of alkyl halides is 8. The van der Waals surface area contributed by atoms with Crippen LogP contribution < -0.4 is 5.32 Å². The molecule has 0 bridgehead atoms. The Kier molecular flexibility index (Phi) is 12.5. The zero-order chi connectivity index (χ0) is 36.4. The molecule has 0 aliphatic carbocycles. The van der Waals surface area contributed by atoms with Crippen molar-refractivity contribution in [2.24, 2.45) is 0 Å². The van der Waals surface area contributed by atoms with Gasteiger partial charge >= 0.3 is 33.5 Å². The van der Waals surface area contributed by atoms with Crippen molar-refractivity contribution in [3.05, 3.63) is 18.4 Å². The van der Waals surface area contributed by atoms with Crippen LogP contribution in [0.5, 0.6) is 0 Å². The number of ether oxygens (including phenoxy) is 6. The summed E-state index contributed by atoms with van der Waals surface area (Å²) >= 11 is 0. The van der Waals surface area contributed by atoms with E-state index in [0.717, 1.165) is 0 Å². The third-order valence-corrected chi connectivity index (χ3v) is 8.72. The van der Waals surface area contributed by atoms with Crippen LogP contribution in [-0.4, -0.2) is 93.2 Å². The number of amides is 1. The zero-order valence-corrected chi connectivity index (χ0v) is 27.4. The first-order chi connectivity index (χ1) is 21.9. The molecule has 0 aromatic heterocycles. The fourth-order valence-corrected chi connectivity index (χ4v) is 5.97. The van der Waals surface area contributed by atoms with Gasteiger partial charge < -0.3 is 29.0 Å². The predicted octanol–water partition coefficient (Wildman–Crippen LogP) is 5.35. The zero-order valence-electron chi connectivity index (χ0n) is 26.5. The summed E-state index contributed by atoms with van der Waals surface area (Å²) in [6, 6.07) is 0. The van der Waals surface area contributed by atoms with Gasteiger partial charge in [0.1, 0.15) is 24.4 Å². The van der Waals surface area contributed by atoms with E-state index in [2.05, 4.69) is 26.5 Å². The van der Waals surface area contributed by atoms with Crippen LogP contribution in [0.1, 0.15) is 72.6 Å². The third kappa shape index (κ3) is 9.45. The number of carbonyl (C=O) groups is 1. The van der Waals surface area contributed by atoms with E-state index < -0.39 is 101 Å². The number of hydrogen-bond acceptors (Lipinski definition) is 10. The van der Waals surface area contributed by atoms with Gasteiger partial charge in [0.05, 0.1) is 6.61 Å². The molecule has 3 saturated heterocycles. The van der Waals surface area contributed by atoms with Crippen molar-refractivity contribution in [1.82, 2.24) is 5.32 Å². The molecule has 0 spiro atoms. The van der Waals surface area contributed by atoms with Gasteiger partial charge in [-0.3, -0.25) is 8.98 Å². The topological polar surface area (TPSA) is 128 Å². The largest absolute Gasteiger partial charge is 0.460 e. The molecular formula is C28H39F8NO10S. The summed E-state index contributed by atoms with van der Waals surface area (Å²) < 4.78 is 176. The van der Waals surface area contributed by atoms with Crippen LogP contribution in [0.2, 0.25) is 0 Å². The second kappa shape index (κ2) is 14.8. The number of hydrogen-bond donors (Lipinski definition) is 1. The van der Waals surface area contributed by atoms with Crippen LogP contribution in [0.4, 0.5) is 35.1 Å². The highest BCUT2D eigenvalue weighted by Crippen LogP contribution is 2.50. The first-order valence-corrected chi connectivity index (χ1v) is 16.4. The van der Waals surface area contributed by atoms with E-state index in [1.54, 1.807) is 6.08 Å². The molecule has 48 heavy (non-hydrogen) atoms. The van der Waals surface area contributed by atoms with Crippen molar-refractivity contribution < 1.29 is 80.9 Å². The summed E-state index contributed by atoms with van der Waals surface area (Å²) in [6.45, 7) is 8.86. The summed E-state index contributed by atoms with van der Waals surface area (Å²) in [5.41, 5.74) is 2.57. The third-order valence-electron chi connectivity index (χ3n) is 7.38. The number of allylic oxidation sites excluding steroid dienone is 1. The molecule has 3 aliphatic heterocycles. The second-order valence-electron chi connectivity index (χ2n) is 12.3. The summed E-state index contributed by atoms with van der Waals surface area (Å²) in [5.74, 6) is -8.84. The van der Waals surface area contributed by atoms with Crippen LogP contribution >= 0.6 is 0 Å². The number of carbonyl (C=O) groups excluding carboxylic acids is 1. The van der Waals surface area contributed by atoms with Gasteiger partial charge in [0.15, 0.2) is 17.9 Å². The van der Waals surface area contributed by atoms with Crippen molar-refractivity contribution in [3.63, 3.8) is 0 Å². The summed E-state index contributed by atoms with van der Waals surface area (Å²) in [7, 11) is -6.98. The molecule has 1 N–H and O–H groups in total. The fourth-order valence-electron chi connectivity index (χ4n) is 5.01. The van der Waals surface area contributed by atoms with Crippen molar-refractivity contribution >= 4 is 16.0 Å². The smallest absolute Gasteiger partial charge is 0.356 e. The lowest BCUT2D eigenvalue weighted by molar-refractivity contribution is -0.456. The average Bonchev–Trinajstić information content (AvgIpc) is 3.56. The Morgan fingerprint density at radius 2 is 1.60 bits per heavy atom. The predicted molar refractivity (Wildman–Crippen MR) is 147 cm³/mol. The quantitative estimate of drug-likeness (QED) is 0.0853. The maximum absolute atomic E-state index is 14.9. The lowest BCUT2D eigenvalue weighted by Gasteiger charge is -2.33.